The Balaban J connectivity index is 1.27. The lowest BCUT2D eigenvalue weighted by atomic mass is 10.1. The average molecular weight is 405 g/mol. The molecule has 0 saturated carbocycles. The summed E-state index contributed by atoms with van der Waals surface area (Å²) in [7, 11) is 0. The minimum absolute atomic E-state index is 0.107. The molecule has 1 amide bonds. The van der Waals surface area contributed by atoms with Gasteiger partial charge in [-0.25, -0.2) is 9.37 Å². The Hall–Kier alpha value is -3.12. The minimum atomic E-state index is -0.253. The summed E-state index contributed by atoms with van der Waals surface area (Å²) in [5, 5.41) is 2.90. The molecule has 4 aromatic rings. The Kier molecular flexibility index (Phi) is 5.91. The molecule has 2 heterocycles. The zero-order valence-corrected chi connectivity index (χ0v) is 16.5. The summed E-state index contributed by atoms with van der Waals surface area (Å²) in [5.41, 5.74) is 3.58. The molecular weight excluding hydrogens is 385 g/mol. The van der Waals surface area contributed by atoms with Gasteiger partial charge in [-0.3, -0.25) is 4.79 Å². The van der Waals surface area contributed by atoms with E-state index in [1.165, 1.54) is 12.1 Å². The summed E-state index contributed by atoms with van der Waals surface area (Å²) >= 11 is 1.69. The van der Waals surface area contributed by atoms with Crippen molar-refractivity contribution in [1.82, 2.24) is 14.7 Å². The van der Waals surface area contributed by atoms with Crippen LogP contribution in [0.3, 0.4) is 0 Å². The van der Waals surface area contributed by atoms with Crippen LogP contribution in [0, 0.1) is 5.82 Å². The number of pyridine rings is 1. The molecule has 0 saturated heterocycles. The average Bonchev–Trinajstić information content (AvgIpc) is 3.17. The van der Waals surface area contributed by atoms with Crippen molar-refractivity contribution in [2.24, 2.45) is 0 Å². The molecule has 4 rings (SSSR count). The fraction of sp³-hybridized carbons (Fsp3) is 0.130. The van der Waals surface area contributed by atoms with E-state index in [0.29, 0.717) is 18.5 Å². The monoisotopic (exact) mass is 405 g/mol. The maximum atomic E-state index is 12.9. The Morgan fingerprint density at radius 2 is 1.83 bits per heavy atom. The van der Waals surface area contributed by atoms with E-state index in [1.54, 1.807) is 23.9 Å². The molecule has 0 aliphatic carbocycles. The number of hydrogen-bond acceptors (Lipinski definition) is 3. The van der Waals surface area contributed by atoms with Gasteiger partial charge in [0.2, 0.25) is 0 Å². The van der Waals surface area contributed by atoms with Gasteiger partial charge in [-0.2, -0.15) is 0 Å². The number of carbonyl (C=O) groups excluding carboxylic acids is 1. The molecule has 0 aliphatic rings. The Bertz CT molecular complexity index is 1070. The van der Waals surface area contributed by atoms with Crippen molar-refractivity contribution < 1.29 is 9.18 Å². The second kappa shape index (κ2) is 8.92. The Morgan fingerprint density at radius 1 is 1.03 bits per heavy atom. The molecule has 0 fully saturated rings. The summed E-state index contributed by atoms with van der Waals surface area (Å²) in [4.78, 5) is 18.0. The maximum absolute atomic E-state index is 12.9. The lowest BCUT2D eigenvalue weighted by Crippen LogP contribution is -2.25. The Morgan fingerprint density at radius 3 is 2.59 bits per heavy atom. The number of carbonyl (C=O) groups is 1. The van der Waals surface area contributed by atoms with Crippen LogP contribution >= 0.6 is 11.8 Å². The molecule has 29 heavy (non-hydrogen) atoms. The first-order valence-electron chi connectivity index (χ1n) is 9.35. The largest absolute Gasteiger partial charge is 0.352 e. The van der Waals surface area contributed by atoms with E-state index < -0.39 is 0 Å². The number of imidazole rings is 1. The van der Waals surface area contributed by atoms with E-state index in [2.05, 4.69) is 10.3 Å². The summed E-state index contributed by atoms with van der Waals surface area (Å²) in [6, 6.07) is 19.8. The van der Waals surface area contributed by atoms with Crippen LogP contribution in [-0.2, 0) is 12.2 Å². The van der Waals surface area contributed by atoms with Crippen LogP contribution in [0.2, 0.25) is 0 Å². The van der Waals surface area contributed by atoms with E-state index in [9.17, 15) is 9.18 Å². The summed E-state index contributed by atoms with van der Waals surface area (Å²) in [6.07, 6.45) is 4.68. The first-order valence-corrected chi connectivity index (χ1v) is 10.3. The van der Waals surface area contributed by atoms with Crippen molar-refractivity contribution in [3.8, 4) is 0 Å². The quantitative estimate of drug-likeness (QED) is 0.452. The number of hydrogen-bond donors (Lipinski definition) is 1. The second-order valence-electron chi connectivity index (χ2n) is 6.64. The van der Waals surface area contributed by atoms with E-state index in [-0.39, 0.29) is 11.7 Å². The topological polar surface area (TPSA) is 46.4 Å². The number of thioether (sulfide) groups is 1. The van der Waals surface area contributed by atoms with E-state index in [4.69, 9.17) is 0 Å². The standard InChI is InChI=1S/C23H20FN3OS/c24-19-8-4-17(5-9-19)12-13-25-23(28)18-6-10-21(11-7-18)29-16-20-15-27-14-2-1-3-22(27)26-20/h1-11,14-15H,12-13,16H2,(H,25,28). The number of halogens is 1. The molecule has 0 bridgehead atoms. The Labute approximate surface area is 172 Å². The number of rotatable bonds is 7. The van der Waals surface area contributed by atoms with Crippen molar-refractivity contribution in [3.05, 3.63) is 102 Å². The minimum Gasteiger partial charge on any atom is -0.352 e. The third kappa shape index (κ3) is 5.03. The van der Waals surface area contributed by atoms with Crippen molar-refractivity contribution in [2.45, 2.75) is 17.1 Å². The zero-order chi connectivity index (χ0) is 20.1. The molecule has 146 valence electrons. The van der Waals surface area contributed by atoms with Crippen LogP contribution in [0.4, 0.5) is 4.39 Å². The van der Waals surface area contributed by atoms with Crippen LogP contribution in [0.25, 0.3) is 5.65 Å². The molecule has 2 aromatic carbocycles. The fourth-order valence-corrected chi connectivity index (χ4v) is 3.77. The number of amides is 1. The van der Waals surface area contributed by atoms with Gasteiger partial charge in [0.15, 0.2) is 0 Å². The third-order valence-electron chi connectivity index (χ3n) is 4.53. The molecule has 0 spiro atoms. The zero-order valence-electron chi connectivity index (χ0n) is 15.7. The number of aromatic nitrogens is 2. The summed E-state index contributed by atoms with van der Waals surface area (Å²) in [5.74, 6) is 0.409. The SMILES string of the molecule is O=C(NCCc1ccc(F)cc1)c1ccc(SCc2cn3ccccc3n2)cc1. The summed E-state index contributed by atoms with van der Waals surface area (Å²) < 4.78 is 14.9. The van der Waals surface area contributed by atoms with Crippen LogP contribution in [0.1, 0.15) is 21.6 Å². The van der Waals surface area contributed by atoms with Crippen LogP contribution in [0.5, 0.6) is 0 Å². The molecule has 6 heteroatoms. The number of fused-ring (bicyclic) bond motifs is 1. The van der Waals surface area contributed by atoms with Crippen LogP contribution in [-0.4, -0.2) is 21.8 Å². The van der Waals surface area contributed by atoms with Gasteiger partial charge in [-0.1, -0.05) is 18.2 Å². The number of nitrogens with one attached hydrogen (secondary N) is 1. The van der Waals surface area contributed by atoms with Gasteiger partial charge < -0.3 is 9.72 Å². The number of benzene rings is 2. The lowest BCUT2D eigenvalue weighted by molar-refractivity contribution is 0.0954. The molecule has 0 aliphatic heterocycles. The molecule has 0 radical (unpaired) electrons. The third-order valence-corrected chi connectivity index (χ3v) is 5.58. The first-order chi connectivity index (χ1) is 14.2. The van der Waals surface area contributed by atoms with Gasteiger partial charge in [-0.15, -0.1) is 11.8 Å². The highest BCUT2D eigenvalue weighted by Gasteiger charge is 2.06. The second-order valence-corrected chi connectivity index (χ2v) is 7.69. The van der Waals surface area contributed by atoms with E-state index >= 15 is 0 Å². The van der Waals surface area contributed by atoms with E-state index in [1.807, 2.05) is 59.3 Å². The smallest absolute Gasteiger partial charge is 0.251 e. The highest BCUT2D eigenvalue weighted by Crippen LogP contribution is 2.23. The maximum Gasteiger partial charge on any atom is 0.251 e. The van der Waals surface area contributed by atoms with Crippen LogP contribution in [0.15, 0.2) is 84.0 Å². The molecule has 4 nitrogen and oxygen atoms in total. The molecule has 0 unspecified atom stereocenters. The molecule has 0 atom stereocenters. The van der Waals surface area contributed by atoms with Gasteiger partial charge in [0.05, 0.1) is 5.69 Å². The predicted molar refractivity (Wildman–Crippen MR) is 114 cm³/mol. The highest BCUT2D eigenvalue weighted by molar-refractivity contribution is 7.98. The van der Waals surface area contributed by atoms with Gasteiger partial charge in [0.25, 0.3) is 5.91 Å². The van der Waals surface area contributed by atoms with Crippen molar-refractivity contribution in [3.63, 3.8) is 0 Å². The number of nitrogens with zero attached hydrogens (tertiary/aromatic N) is 2. The predicted octanol–water partition coefficient (Wildman–Crippen LogP) is 4.74. The lowest BCUT2D eigenvalue weighted by Gasteiger charge is -2.06. The summed E-state index contributed by atoms with van der Waals surface area (Å²) in [6.45, 7) is 0.509. The highest BCUT2D eigenvalue weighted by atomic mass is 32.2. The van der Waals surface area contributed by atoms with Gasteiger partial charge >= 0.3 is 0 Å². The van der Waals surface area contributed by atoms with E-state index in [0.717, 1.165) is 27.6 Å². The van der Waals surface area contributed by atoms with Crippen molar-refractivity contribution in [2.75, 3.05) is 6.54 Å². The van der Waals surface area contributed by atoms with Gasteiger partial charge in [-0.05, 0) is 60.5 Å². The van der Waals surface area contributed by atoms with Gasteiger partial charge in [0.1, 0.15) is 11.5 Å². The molecule has 1 N–H and O–H groups in total. The fourth-order valence-electron chi connectivity index (χ4n) is 2.99. The first kappa shape index (κ1) is 19.2. The van der Waals surface area contributed by atoms with Crippen LogP contribution < -0.4 is 5.32 Å². The molecule has 2 aromatic heterocycles. The normalized spacial score (nSPS) is 10.9. The van der Waals surface area contributed by atoms with Gasteiger partial charge in [0, 0.05) is 35.2 Å². The van der Waals surface area contributed by atoms with Crippen molar-refractivity contribution in [1.29, 1.82) is 0 Å². The van der Waals surface area contributed by atoms with Crippen molar-refractivity contribution >= 4 is 23.3 Å². The molecular formula is C23H20FN3OS.